The van der Waals surface area contributed by atoms with E-state index in [1.165, 1.54) is 0 Å². The van der Waals surface area contributed by atoms with Crippen LogP contribution in [0.4, 0.5) is 13.2 Å². The monoisotopic (exact) mass is 225 g/mol. The van der Waals surface area contributed by atoms with Gasteiger partial charge in [-0.15, -0.1) is 6.58 Å². The number of nitrogens with one attached hydrogen (secondary N) is 1. The van der Waals surface area contributed by atoms with Crippen LogP contribution in [-0.2, 0) is 4.74 Å². The van der Waals surface area contributed by atoms with Crippen LogP contribution in [0.25, 0.3) is 0 Å². The largest absolute Gasteiger partial charge is 0.411 e. The first kappa shape index (κ1) is 14.5. The molecule has 2 nitrogen and oxygen atoms in total. The van der Waals surface area contributed by atoms with Crippen LogP contribution in [0, 0.1) is 0 Å². The zero-order valence-corrected chi connectivity index (χ0v) is 8.94. The van der Waals surface area contributed by atoms with Crippen molar-refractivity contribution in [3.05, 3.63) is 12.7 Å². The fourth-order valence-corrected chi connectivity index (χ4v) is 1.17. The van der Waals surface area contributed by atoms with Gasteiger partial charge in [0, 0.05) is 6.04 Å². The lowest BCUT2D eigenvalue weighted by Crippen LogP contribution is -2.34. The predicted molar refractivity (Wildman–Crippen MR) is 53.8 cm³/mol. The van der Waals surface area contributed by atoms with E-state index in [0.717, 1.165) is 19.4 Å². The van der Waals surface area contributed by atoms with E-state index in [-0.39, 0.29) is 12.6 Å². The molecule has 90 valence electrons. The molecule has 0 radical (unpaired) electrons. The summed E-state index contributed by atoms with van der Waals surface area (Å²) in [5.41, 5.74) is 0. The Hall–Kier alpha value is -0.550. The molecule has 0 saturated heterocycles. The predicted octanol–water partition coefficient (Wildman–Crippen LogP) is 2.51. The normalized spacial score (nSPS) is 13.9. The second kappa shape index (κ2) is 7.70. The fraction of sp³-hybridized carbons (Fsp3) is 0.800. The number of alkyl halides is 3. The highest BCUT2D eigenvalue weighted by Gasteiger charge is 2.27. The molecule has 15 heavy (non-hydrogen) atoms. The average molecular weight is 225 g/mol. The molecule has 5 heteroatoms. The van der Waals surface area contributed by atoms with Gasteiger partial charge in [0.25, 0.3) is 0 Å². The molecular weight excluding hydrogens is 207 g/mol. The van der Waals surface area contributed by atoms with E-state index in [2.05, 4.69) is 16.6 Å². The summed E-state index contributed by atoms with van der Waals surface area (Å²) in [6.45, 7) is 5.10. The molecule has 1 atom stereocenters. The van der Waals surface area contributed by atoms with Gasteiger partial charge in [-0.2, -0.15) is 13.2 Å². The quantitative estimate of drug-likeness (QED) is 0.641. The van der Waals surface area contributed by atoms with Crippen molar-refractivity contribution in [3.63, 3.8) is 0 Å². The number of hydrogen-bond acceptors (Lipinski definition) is 2. The Labute approximate surface area is 88.5 Å². The Morgan fingerprint density at radius 1 is 1.47 bits per heavy atom. The molecule has 0 aliphatic carbocycles. The number of hydrogen-bond donors (Lipinski definition) is 1. The molecule has 0 rings (SSSR count). The Bertz CT molecular complexity index is 171. The first-order chi connectivity index (χ1) is 6.99. The van der Waals surface area contributed by atoms with Gasteiger partial charge < -0.3 is 10.1 Å². The number of halogens is 3. The Morgan fingerprint density at radius 2 is 2.13 bits per heavy atom. The van der Waals surface area contributed by atoms with Crippen LogP contribution < -0.4 is 5.32 Å². The lowest BCUT2D eigenvalue weighted by Gasteiger charge is -2.17. The second-order valence-electron chi connectivity index (χ2n) is 3.25. The number of ether oxygens (including phenoxy) is 1. The molecule has 0 aromatic heterocycles. The number of rotatable bonds is 8. The molecule has 1 N–H and O–H groups in total. The maximum atomic E-state index is 11.8. The summed E-state index contributed by atoms with van der Waals surface area (Å²) in [5, 5.41) is 3.06. The van der Waals surface area contributed by atoms with Gasteiger partial charge in [-0.05, 0) is 19.4 Å². The number of allylic oxidation sites excluding steroid dienone is 1. The smallest absolute Gasteiger partial charge is 0.370 e. The van der Waals surface area contributed by atoms with Crippen molar-refractivity contribution in [3.8, 4) is 0 Å². The lowest BCUT2D eigenvalue weighted by atomic mass is 10.1. The topological polar surface area (TPSA) is 21.3 Å². The van der Waals surface area contributed by atoms with E-state index < -0.39 is 12.8 Å². The summed E-state index contributed by atoms with van der Waals surface area (Å²) >= 11 is 0. The van der Waals surface area contributed by atoms with Gasteiger partial charge >= 0.3 is 6.18 Å². The molecule has 0 saturated carbocycles. The second-order valence-corrected chi connectivity index (χ2v) is 3.25. The molecule has 0 amide bonds. The molecule has 0 heterocycles. The van der Waals surface area contributed by atoms with Crippen molar-refractivity contribution in [2.75, 3.05) is 19.8 Å². The van der Waals surface area contributed by atoms with Crippen molar-refractivity contribution < 1.29 is 17.9 Å². The summed E-state index contributed by atoms with van der Waals surface area (Å²) in [6, 6.07) is -0.0321. The van der Waals surface area contributed by atoms with Gasteiger partial charge in [-0.25, -0.2) is 0 Å². The highest BCUT2D eigenvalue weighted by Crippen LogP contribution is 2.14. The first-order valence-corrected chi connectivity index (χ1v) is 4.98. The molecule has 1 unspecified atom stereocenters. The molecule has 0 fully saturated rings. The Morgan fingerprint density at radius 3 is 2.60 bits per heavy atom. The highest BCUT2D eigenvalue weighted by molar-refractivity contribution is 4.73. The van der Waals surface area contributed by atoms with Crippen molar-refractivity contribution in [1.29, 1.82) is 0 Å². The minimum atomic E-state index is -4.24. The molecule has 0 aliphatic heterocycles. The molecule has 0 aromatic rings. The van der Waals surface area contributed by atoms with Crippen molar-refractivity contribution in [2.45, 2.75) is 32.0 Å². The summed E-state index contributed by atoms with van der Waals surface area (Å²) < 4.78 is 39.9. The maximum Gasteiger partial charge on any atom is 0.411 e. The standard InChI is InChI=1S/C10H18F3NO/c1-3-5-6-9(14-4-2)7-15-8-10(11,12)13/h3,9,14H,1,4-8H2,2H3. The van der Waals surface area contributed by atoms with Crippen molar-refractivity contribution >= 4 is 0 Å². The molecule has 0 spiro atoms. The number of likely N-dealkylation sites (N-methyl/N-ethyl adjacent to an activating group) is 1. The van der Waals surface area contributed by atoms with E-state index in [1.54, 1.807) is 6.08 Å². The minimum absolute atomic E-state index is 0.0321. The third kappa shape index (κ3) is 9.75. The molecular formula is C10H18F3NO. The van der Waals surface area contributed by atoms with Gasteiger partial charge in [0.2, 0.25) is 0 Å². The maximum absolute atomic E-state index is 11.8. The third-order valence-corrected chi connectivity index (χ3v) is 1.80. The molecule has 0 bridgehead atoms. The van der Waals surface area contributed by atoms with Crippen LogP contribution in [-0.4, -0.2) is 32.0 Å². The third-order valence-electron chi connectivity index (χ3n) is 1.80. The van der Waals surface area contributed by atoms with Crippen LogP contribution in [0.15, 0.2) is 12.7 Å². The van der Waals surface area contributed by atoms with E-state index in [4.69, 9.17) is 0 Å². The van der Waals surface area contributed by atoms with E-state index >= 15 is 0 Å². The summed E-state index contributed by atoms with van der Waals surface area (Å²) in [7, 11) is 0. The van der Waals surface area contributed by atoms with Crippen LogP contribution in [0.2, 0.25) is 0 Å². The SMILES string of the molecule is C=CCCC(COCC(F)(F)F)NCC. The van der Waals surface area contributed by atoms with E-state index in [9.17, 15) is 13.2 Å². The summed E-state index contributed by atoms with van der Waals surface area (Å²) in [5.74, 6) is 0. The van der Waals surface area contributed by atoms with Gasteiger partial charge in [0.15, 0.2) is 0 Å². The van der Waals surface area contributed by atoms with Crippen molar-refractivity contribution in [1.82, 2.24) is 5.32 Å². The van der Waals surface area contributed by atoms with Crippen molar-refractivity contribution in [2.24, 2.45) is 0 Å². The van der Waals surface area contributed by atoms with E-state index in [1.807, 2.05) is 6.92 Å². The first-order valence-electron chi connectivity index (χ1n) is 4.98. The van der Waals surface area contributed by atoms with Gasteiger partial charge in [0.05, 0.1) is 6.61 Å². The summed E-state index contributed by atoms with van der Waals surface area (Å²) in [6.07, 6.45) is -0.981. The average Bonchev–Trinajstić information content (AvgIpc) is 2.12. The lowest BCUT2D eigenvalue weighted by molar-refractivity contribution is -0.175. The highest BCUT2D eigenvalue weighted by atomic mass is 19.4. The zero-order valence-electron chi connectivity index (χ0n) is 8.94. The van der Waals surface area contributed by atoms with Crippen LogP contribution in [0.3, 0.4) is 0 Å². The van der Waals surface area contributed by atoms with Crippen LogP contribution in [0.5, 0.6) is 0 Å². The van der Waals surface area contributed by atoms with Gasteiger partial charge in [0.1, 0.15) is 6.61 Å². The zero-order chi connectivity index (χ0) is 11.7. The Kier molecular flexibility index (Phi) is 7.42. The van der Waals surface area contributed by atoms with Crippen LogP contribution in [0.1, 0.15) is 19.8 Å². The Balaban J connectivity index is 3.69. The van der Waals surface area contributed by atoms with Gasteiger partial charge in [-0.1, -0.05) is 13.0 Å². The van der Waals surface area contributed by atoms with E-state index in [0.29, 0.717) is 0 Å². The van der Waals surface area contributed by atoms with Crippen LogP contribution >= 0.6 is 0 Å². The summed E-state index contributed by atoms with van der Waals surface area (Å²) in [4.78, 5) is 0. The van der Waals surface area contributed by atoms with Gasteiger partial charge in [-0.3, -0.25) is 0 Å². The minimum Gasteiger partial charge on any atom is -0.370 e. The fourth-order valence-electron chi connectivity index (χ4n) is 1.17. The molecule has 0 aliphatic rings. The molecule has 0 aromatic carbocycles.